The van der Waals surface area contributed by atoms with Crippen LogP contribution in [0.2, 0.25) is 0 Å². The van der Waals surface area contributed by atoms with Gasteiger partial charge in [0.2, 0.25) is 0 Å². The summed E-state index contributed by atoms with van der Waals surface area (Å²) in [6, 6.07) is 7.67. The summed E-state index contributed by atoms with van der Waals surface area (Å²) < 4.78 is 5.82. The molecule has 0 aliphatic rings. The molecule has 3 nitrogen and oxygen atoms in total. The van der Waals surface area contributed by atoms with Crippen LogP contribution >= 0.6 is 11.3 Å². The third-order valence-electron chi connectivity index (χ3n) is 2.39. The summed E-state index contributed by atoms with van der Waals surface area (Å²) in [6.07, 6.45) is -0.186. The van der Waals surface area contributed by atoms with Crippen LogP contribution in [0, 0.1) is 0 Å². The molecule has 1 aromatic carbocycles. The van der Waals surface area contributed by atoms with Gasteiger partial charge in [0.15, 0.2) is 5.78 Å². The predicted molar refractivity (Wildman–Crippen MR) is 67.4 cm³/mol. The smallest absolute Gasteiger partial charge is 0.313 e. The minimum absolute atomic E-state index is 0.180. The van der Waals surface area contributed by atoms with Gasteiger partial charge in [-0.2, -0.15) is 0 Å². The van der Waals surface area contributed by atoms with Gasteiger partial charge in [-0.15, -0.1) is 11.3 Å². The lowest BCUT2D eigenvalue weighted by molar-refractivity contribution is -0.141. The molecule has 2 aromatic rings. The van der Waals surface area contributed by atoms with Crippen molar-refractivity contribution in [1.82, 2.24) is 0 Å². The molecule has 0 atom stereocenters. The molecule has 0 radical (unpaired) electrons. The van der Waals surface area contributed by atoms with E-state index in [0.29, 0.717) is 12.2 Å². The molecule has 0 saturated carbocycles. The van der Waals surface area contributed by atoms with Crippen molar-refractivity contribution in [2.45, 2.75) is 13.3 Å². The van der Waals surface area contributed by atoms with E-state index in [-0.39, 0.29) is 12.2 Å². The van der Waals surface area contributed by atoms with Crippen molar-refractivity contribution in [1.29, 1.82) is 0 Å². The normalized spacial score (nSPS) is 10.4. The van der Waals surface area contributed by atoms with Crippen molar-refractivity contribution in [3.05, 3.63) is 35.2 Å². The lowest BCUT2D eigenvalue weighted by Gasteiger charge is -2.00. The van der Waals surface area contributed by atoms with Crippen molar-refractivity contribution in [2.24, 2.45) is 0 Å². The number of hydrogen-bond donors (Lipinski definition) is 0. The molecule has 0 unspecified atom stereocenters. The van der Waals surface area contributed by atoms with Crippen LogP contribution in [-0.4, -0.2) is 18.4 Å². The van der Waals surface area contributed by atoms with E-state index < -0.39 is 5.97 Å². The number of rotatable bonds is 4. The summed E-state index contributed by atoms with van der Waals surface area (Å²) in [4.78, 5) is 23.2. The number of carbonyl (C=O) groups is 2. The number of fused-ring (bicyclic) bond motifs is 1. The van der Waals surface area contributed by atoms with E-state index in [1.807, 2.05) is 24.3 Å². The van der Waals surface area contributed by atoms with Crippen LogP contribution in [0.3, 0.4) is 0 Å². The summed E-state index contributed by atoms with van der Waals surface area (Å²) in [5.74, 6) is -0.645. The first-order valence-electron chi connectivity index (χ1n) is 5.37. The third kappa shape index (κ3) is 2.53. The molecule has 0 fully saturated rings. The van der Waals surface area contributed by atoms with Gasteiger partial charge in [-0.25, -0.2) is 0 Å². The zero-order valence-electron chi connectivity index (χ0n) is 9.43. The Morgan fingerprint density at radius 3 is 2.82 bits per heavy atom. The Morgan fingerprint density at radius 2 is 2.06 bits per heavy atom. The fourth-order valence-corrected chi connectivity index (χ4v) is 2.60. The van der Waals surface area contributed by atoms with E-state index in [1.165, 1.54) is 11.3 Å². The molecule has 0 saturated heterocycles. The molecular weight excluding hydrogens is 236 g/mol. The fourth-order valence-electron chi connectivity index (χ4n) is 1.63. The monoisotopic (exact) mass is 248 g/mol. The zero-order valence-corrected chi connectivity index (χ0v) is 10.3. The van der Waals surface area contributed by atoms with Crippen LogP contribution in [0.5, 0.6) is 0 Å². The number of ether oxygens (including phenoxy) is 1. The summed E-state index contributed by atoms with van der Waals surface area (Å²) in [5.41, 5.74) is 0.610. The van der Waals surface area contributed by atoms with Crippen molar-refractivity contribution in [3.8, 4) is 0 Å². The molecule has 1 aromatic heterocycles. The molecule has 17 heavy (non-hydrogen) atoms. The standard InChI is InChI=1S/C13H12O3S/c1-2-16-13(15)7-11(14)10-8-17-12-6-4-3-5-9(10)12/h3-6,8H,2,7H2,1H3. The second-order valence-corrected chi connectivity index (χ2v) is 4.46. The zero-order chi connectivity index (χ0) is 12.3. The number of thiophene rings is 1. The maximum Gasteiger partial charge on any atom is 0.313 e. The minimum Gasteiger partial charge on any atom is -0.466 e. The highest BCUT2D eigenvalue weighted by molar-refractivity contribution is 7.17. The molecule has 0 spiro atoms. The highest BCUT2D eigenvalue weighted by Gasteiger charge is 2.16. The van der Waals surface area contributed by atoms with E-state index in [4.69, 9.17) is 4.74 Å². The molecule has 0 N–H and O–H groups in total. The van der Waals surface area contributed by atoms with Crippen LogP contribution in [0.15, 0.2) is 29.6 Å². The van der Waals surface area contributed by atoms with E-state index in [0.717, 1.165) is 10.1 Å². The number of benzene rings is 1. The van der Waals surface area contributed by atoms with Crippen LogP contribution in [0.25, 0.3) is 10.1 Å². The number of hydrogen-bond acceptors (Lipinski definition) is 4. The number of esters is 1. The largest absolute Gasteiger partial charge is 0.466 e. The van der Waals surface area contributed by atoms with Crippen LogP contribution in [0.1, 0.15) is 23.7 Å². The van der Waals surface area contributed by atoms with E-state index in [1.54, 1.807) is 12.3 Å². The van der Waals surface area contributed by atoms with Gasteiger partial charge in [-0.05, 0) is 13.0 Å². The second kappa shape index (κ2) is 5.10. The highest BCUT2D eigenvalue weighted by Crippen LogP contribution is 2.26. The molecule has 0 aliphatic heterocycles. The summed E-state index contributed by atoms with van der Waals surface area (Å²) in [7, 11) is 0. The molecule has 2 rings (SSSR count). The fraction of sp³-hybridized carbons (Fsp3) is 0.231. The van der Waals surface area contributed by atoms with Gasteiger partial charge in [0.05, 0.1) is 6.61 Å². The van der Waals surface area contributed by atoms with Gasteiger partial charge in [-0.1, -0.05) is 18.2 Å². The van der Waals surface area contributed by atoms with E-state index >= 15 is 0 Å². The van der Waals surface area contributed by atoms with Crippen molar-refractivity contribution < 1.29 is 14.3 Å². The number of Topliss-reactive ketones (excluding diaryl/α,β-unsaturated/α-hetero) is 1. The molecule has 0 aliphatic carbocycles. The minimum atomic E-state index is -0.465. The molecule has 88 valence electrons. The van der Waals surface area contributed by atoms with Gasteiger partial charge in [0.25, 0.3) is 0 Å². The topological polar surface area (TPSA) is 43.4 Å². The molecular formula is C13H12O3S. The molecule has 1 heterocycles. The SMILES string of the molecule is CCOC(=O)CC(=O)c1csc2ccccc12. The average molecular weight is 248 g/mol. The van der Waals surface area contributed by atoms with Crippen LogP contribution < -0.4 is 0 Å². The lowest BCUT2D eigenvalue weighted by atomic mass is 10.1. The first-order chi connectivity index (χ1) is 8.22. The number of carbonyl (C=O) groups excluding carboxylic acids is 2. The lowest BCUT2D eigenvalue weighted by Crippen LogP contribution is -2.10. The predicted octanol–water partition coefficient (Wildman–Crippen LogP) is 3.04. The Kier molecular flexibility index (Phi) is 3.54. The summed E-state index contributed by atoms with van der Waals surface area (Å²) in [5, 5.41) is 2.71. The quantitative estimate of drug-likeness (QED) is 0.474. The Bertz CT molecular complexity index is 557. The Balaban J connectivity index is 2.22. The maximum atomic E-state index is 11.9. The van der Waals surface area contributed by atoms with Gasteiger partial charge >= 0.3 is 5.97 Å². The third-order valence-corrected chi connectivity index (χ3v) is 3.36. The first kappa shape index (κ1) is 11.8. The van der Waals surface area contributed by atoms with Crippen molar-refractivity contribution >= 4 is 33.2 Å². The van der Waals surface area contributed by atoms with Gasteiger partial charge in [0, 0.05) is 21.0 Å². The molecule has 0 amide bonds. The highest BCUT2D eigenvalue weighted by atomic mass is 32.1. The summed E-state index contributed by atoms with van der Waals surface area (Å²) in [6.45, 7) is 2.03. The average Bonchev–Trinajstić information content (AvgIpc) is 2.72. The first-order valence-corrected chi connectivity index (χ1v) is 6.25. The van der Waals surface area contributed by atoms with E-state index in [9.17, 15) is 9.59 Å². The van der Waals surface area contributed by atoms with Crippen LogP contribution in [0.4, 0.5) is 0 Å². The van der Waals surface area contributed by atoms with Gasteiger partial charge in [-0.3, -0.25) is 9.59 Å². The maximum absolute atomic E-state index is 11.9. The Morgan fingerprint density at radius 1 is 1.29 bits per heavy atom. The van der Waals surface area contributed by atoms with Gasteiger partial charge in [0.1, 0.15) is 6.42 Å². The van der Waals surface area contributed by atoms with E-state index in [2.05, 4.69) is 0 Å². The van der Waals surface area contributed by atoms with Gasteiger partial charge < -0.3 is 4.74 Å². The van der Waals surface area contributed by atoms with Crippen molar-refractivity contribution in [3.63, 3.8) is 0 Å². The van der Waals surface area contributed by atoms with Crippen molar-refractivity contribution in [2.75, 3.05) is 6.61 Å². The molecule has 4 heteroatoms. The Hall–Kier alpha value is -1.68. The summed E-state index contributed by atoms with van der Waals surface area (Å²) >= 11 is 1.51. The Labute approximate surface area is 103 Å². The number of ketones is 1. The second-order valence-electron chi connectivity index (χ2n) is 3.55. The van der Waals surface area contributed by atoms with Crippen LogP contribution in [-0.2, 0) is 9.53 Å². The molecule has 0 bridgehead atoms.